The number of carbonyl (C=O) groups excluding carboxylic acids is 1. The van der Waals surface area contributed by atoms with Crippen LogP contribution in [0.1, 0.15) is 36.8 Å². The Labute approximate surface area is 185 Å². The zero-order valence-electron chi connectivity index (χ0n) is 18.4. The molecule has 1 atom stereocenters. The van der Waals surface area contributed by atoms with E-state index in [9.17, 15) is 9.18 Å². The Bertz CT molecular complexity index is 836. The molecule has 0 saturated carbocycles. The number of piperidine rings is 1. The van der Waals surface area contributed by atoms with Crippen LogP contribution in [-0.4, -0.2) is 59.9 Å². The third-order valence-electron chi connectivity index (χ3n) is 6.64. The van der Waals surface area contributed by atoms with Crippen molar-refractivity contribution in [2.45, 2.75) is 38.8 Å². The molecule has 2 fully saturated rings. The molecule has 166 valence electrons. The van der Waals surface area contributed by atoms with Crippen molar-refractivity contribution in [3.05, 3.63) is 71.5 Å². The van der Waals surface area contributed by atoms with E-state index >= 15 is 0 Å². The van der Waals surface area contributed by atoms with Crippen molar-refractivity contribution < 1.29 is 9.18 Å². The van der Waals surface area contributed by atoms with Crippen LogP contribution in [0.5, 0.6) is 0 Å². The van der Waals surface area contributed by atoms with Crippen molar-refractivity contribution in [1.82, 2.24) is 14.7 Å². The van der Waals surface area contributed by atoms with Crippen LogP contribution in [0.4, 0.5) is 4.39 Å². The molecule has 0 bridgehead atoms. The van der Waals surface area contributed by atoms with Crippen LogP contribution >= 0.6 is 0 Å². The summed E-state index contributed by atoms with van der Waals surface area (Å²) in [6, 6.07) is 17.4. The molecule has 31 heavy (non-hydrogen) atoms. The molecule has 2 heterocycles. The lowest BCUT2D eigenvalue weighted by Crippen LogP contribution is -2.48. The molecule has 4 rings (SSSR count). The minimum absolute atomic E-state index is 0.166. The Morgan fingerprint density at radius 2 is 1.61 bits per heavy atom. The van der Waals surface area contributed by atoms with Gasteiger partial charge in [-0.05, 0) is 55.0 Å². The van der Waals surface area contributed by atoms with E-state index in [2.05, 4.69) is 39.0 Å². The average molecular weight is 424 g/mol. The van der Waals surface area contributed by atoms with E-state index in [-0.39, 0.29) is 5.82 Å². The Morgan fingerprint density at radius 1 is 0.871 bits per heavy atom. The summed E-state index contributed by atoms with van der Waals surface area (Å²) >= 11 is 0. The molecule has 1 amide bonds. The zero-order chi connectivity index (χ0) is 21.5. The Hall–Kier alpha value is -2.24. The predicted octanol–water partition coefficient (Wildman–Crippen LogP) is 4.16. The van der Waals surface area contributed by atoms with Crippen molar-refractivity contribution in [2.24, 2.45) is 5.92 Å². The second kappa shape index (κ2) is 10.9. The SMILES string of the molecule is O=C(CCC1CCCN(Cc2cccc(F)c2)C1)N1CCN(Cc2ccccc2)CC1. The minimum atomic E-state index is -0.166. The lowest BCUT2D eigenvalue weighted by molar-refractivity contribution is -0.133. The summed E-state index contributed by atoms with van der Waals surface area (Å²) in [5.41, 5.74) is 2.37. The van der Waals surface area contributed by atoms with Gasteiger partial charge in [0.2, 0.25) is 5.91 Å². The van der Waals surface area contributed by atoms with Gasteiger partial charge in [0, 0.05) is 52.2 Å². The number of likely N-dealkylation sites (tertiary alicyclic amines) is 1. The fourth-order valence-electron chi connectivity index (χ4n) is 4.91. The summed E-state index contributed by atoms with van der Waals surface area (Å²) < 4.78 is 13.5. The van der Waals surface area contributed by atoms with Gasteiger partial charge in [0.05, 0.1) is 0 Å². The number of halogens is 1. The van der Waals surface area contributed by atoms with E-state index in [1.54, 1.807) is 12.1 Å². The highest BCUT2D eigenvalue weighted by Crippen LogP contribution is 2.23. The molecule has 2 aliphatic heterocycles. The second-order valence-corrected chi connectivity index (χ2v) is 9.05. The topological polar surface area (TPSA) is 26.8 Å². The molecule has 4 nitrogen and oxygen atoms in total. The molecular weight excluding hydrogens is 389 g/mol. The standard InChI is InChI=1S/C26H34FN3O/c27-25-10-4-8-24(18-25)21-29-13-5-9-23(20-29)11-12-26(31)30-16-14-28(15-17-30)19-22-6-2-1-3-7-22/h1-4,6-8,10,18,23H,5,9,11-17,19-21H2. The van der Waals surface area contributed by atoms with Crippen LogP contribution in [-0.2, 0) is 17.9 Å². The van der Waals surface area contributed by atoms with Crippen molar-refractivity contribution in [1.29, 1.82) is 0 Å². The van der Waals surface area contributed by atoms with Gasteiger partial charge >= 0.3 is 0 Å². The van der Waals surface area contributed by atoms with E-state index < -0.39 is 0 Å². The summed E-state index contributed by atoms with van der Waals surface area (Å²) in [5, 5.41) is 0. The highest BCUT2D eigenvalue weighted by Gasteiger charge is 2.24. The van der Waals surface area contributed by atoms with Gasteiger partial charge < -0.3 is 4.90 Å². The molecule has 1 unspecified atom stereocenters. The molecule has 2 aliphatic rings. The summed E-state index contributed by atoms with van der Waals surface area (Å²) in [5.74, 6) is 0.702. The van der Waals surface area contributed by atoms with Gasteiger partial charge in [-0.3, -0.25) is 14.6 Å². The second-order valence-electron chi connectivity index (χ2n) is 9.05. The van der Waals surface area contributed by atoms with Gasteiger partial charge in [-0.1, -0.05) is 42.5 Å². The summed E-state index contributed by atoms with van der Waals surface area (Å²) in [4.78, 5) is 19.7. The minimum Gasteiger partial charge on any atom is -0.340 e. The van der Waals surface area contributed by atoms with Crippen LogP contribution in [0.15, 0.2) is 54.6 Å². The van der Waals surface area contributed by atoms with Crippen molar-refractivity contribution in [3.63, 3.8) is 0 Å². The zero-order valence-corrected chi connectivity index (χ0v) is 18.4. The van der Waals surface area contributed by atoms with Gasteiger partial charge in [-0.2, -0.15) is 0 Å². The van der Waals surface area contributed by atoms with Crippen LogP contribution < -0.4 is 0 Å². The first-order valence-corrected chi connectivity index (χ1v) is 11.7. The molecule has 0 aliphatic carbocycles. The van der Waals surface area contributed by atoms with Gasteiger partial charge in [0.15, 0.2) is 0 Å². The first-order valence-electron chi connectivity index (χ1n) is 11.7. The number of amides is 1. The number of rotatable bonds is 7. The highest BCUT2D eigenvalue weighted by molar-refractivity contribution is 5.76. The number of hydrogen-bond donors (Lipinski definition) is 0. The molecule has 2 aromatic carbocycles. The summed E-state index contributed by atoms with van der Waals surface area (Å²) in [6.07, 6.45) is 3.96. The lowest BCUT2D eigenvalue weighted by atomic mass is 9.92. The molecule has 0 spiro atoms. The third-order valence-corrected chi connectivity index (χ3v) is 6.64. The van der Waals surface area contributed by atoms with Crippen LogP contribution in [0, 0.1) is 11.7 Å². The van der Waals surface area contributed by atoms with E-state index in [1.165, 1.54) is 18.1 Å². The number of piperazine rings is 1. The van der Waals surface area contributed by atoms with E-state index in [0.29, 0.717) is 18.2 Å². The number of carbonyl (C=O) groups is 1. The van der Waals surface area contributed by atoms with Crippen LogP contribution in [0.3, 0.4) is 0 Å². The van der Waals surface area contributed by atoms with E-state index in [4.69, 9.17) is 0 Å². The Balaban J connectivity index is 1.17. The van der Waals surface area contributed by atoms with Gasteiger partial charge in [0.1, 0.15) is 5.82 Å². The first-order chi connectivity index (χ1) is 15.2. The summed E-state index contributed by atoms with van der Waals surface area (Å²) in [6.45, 7) is 7.40. The average Bonchev–Trinajstić information content (AvgIpc) is 2.79. The van der Waals surface area contributed by atoms with Gasteiger partial charge in [-0.15, -0.1) is 0 Å². The largest absolute Gasteiger partial charge is 0.340 e. The quantitative estimate of drug-likeness (QED) is 0.669. The predicted molar refractivity (Wildman–Crippen MR) is 122 cm³/mol. The van der Waals surface area contributed by atoms with Crippen molar-refractivity contribution >= 4 is 5.91 Å². The maximum absolute atomic E-state index is 13.5. The maximum atomic E-state index is 13.5. The third kappa shape index (κ3) is 6.62. The Kier molecular flexibility index (Phi) is 7.71. The Morgan fingerprint density at radius 3 is 2.39 bits per heavy atom. The maximum Gasteiger partial charge on any atom is 0.222 e. The van der Waals surface area contributed by atoms with Gasteiger partial charge in [0.25, 0.3) is 0 Å². The molecule has 0 radical (unpaired) electrons. The smallest absolute Gasteiger partial charge is 0.222 e. The molecule has 0 N–H and O–H groups in total. The fourth-order valence-corrected chi connectivity index (χ4v) is 4.91. The van der Waals surface area contributed by atoms with Crippen molar-refractivity contribution in [2.75, 3.05) is 39.3 Å². The molecule has 2 aromatic rings. The number of nitrogens with zero attached hydrogens (tertiary/aromatic N) is 3. The molecular formula is C26H34FN3O. The van der Waals surface area contributed by atoms with E-state index in [0.717, 1.165) is 70.8 Å². The number of benzene rings is 2. The number of hydrogen-bond acceptors (Lipinski definition) is 3. The monoisotopic (exact) mass is 423 g/mol. The lowest BCUT2D eigenvalue weighted by Gasteiger charge is -2.36. The van der Waals surface area contributed by atoms with Crippen LogP contribution in [0.25, 0.3) is 0 Å². The highest BCUT2D eigenvalue weighted by atomic mass is 19.1. The fraction of sp³-hybridized carbons (Fsp3) is 0.500. The van der Waals surface area contributed by atoms with Crippen molar-refractivity contribution in [3.8, 4) is 0 Å². The molecule has 2 saturated heterocycles. The normalized spacial score (nSPS) is 20.7. The van der Waals surface area contributed by atoms with E-state index in [1.807, 2.05) is 12.1 Å². The summed E-state index contributed by atoms with van der Waals surface area (Å²) in [7, 11) is 0. The van der Waals surface area contributed by atoms with Gasteiger partial charge in [-0.25, -0.2) is 4.39 Å². The molecule has 0 aromatic heterocycles. The molecule has 5 heteroatoms. The van der Waals surface area contributed by atoms with Crippen LogP contribution in [0.2, 0.25) is 0 Å². The first kappa shape index (κ1) is 22.0.